The van der Waals surface area contributed by atoms with E-state index in [0.29, 0.717) is 12.0 Å². The molecule has 0 aromatic carbocycles. The van der Waals surface area contributed by atoms with Crippen LogP contribution in [0.4, 0.5) is 0 Å². The first-order valence-electron chi connectivity index (χ1n) is 8.26. The Morgan fingerprint density at radius 1 is 1.18 bits per heavy atom. The standard InChI is InChI=1S/C21H32O/c1-17(9-7-10-18(2)14-16-22-6)12-13-20-19(3)11-8-15-21(20,4)5/h7,9-10,12-14H,8,11,15-16H2,1-6H3/b10-7-,13-12-,17-9-,18-14-. The predicted molar refractivity (Wildman–Crippen MR) is 98.0 cm³/mol. The SMILES string of the molecule is COC\C=C(C)/C=C\C=C(C)/C=C\C1=C(C)CCCC1(C)C. The van der Waals surface area contributed by atoms with Crippen LogP contribution in [-0.4, -0.2) is 13.7 Å². The maximum absolute atomic E-state index is 5.03. The Morgan fingerprint density at radius 2 is 1.91 bits per heavy atom. The largest absolute Gasteiger partial charge is 0.381 e. The van der Waals surface area contributed by atoms with Crippen LogP contribution in [0.25, 0.3) is 0 Å². The van der Waals surface area contributed by atoms with E-state index in [9.17, 15) is 0 Å². The molecule has 0 bridgehead atoms. The lowest BCUT2D eigenvalue weighted by Gasteiger charge is -2.32. The quantitative estimate of drug-likeness (QED) is 0.533. The van der Waals surface area contributed by atoms with Crippen molar-refractivity contribution in [2.75, 3.05) is 13.7 Å². The average molecular weight is 300 g/mol. The third kappa shape index (κ3) is 6.19. The fraction of sp³-hybridized carbons (Fsp3) is 0.524. The van der Waals surface area contributed by atoms with Crippen LogP contribution in [0.1, 0.15) is 53.9 Å². The number of methoxy groups -OCH3 is 1. The second-order valence-corrected chi connectivity index (χ2v) is 6.94. The number of allylic oxidation sites excluding steroid dienone is 9. The van der Waals surface area contributed by atoms with Crippen molar-refractivity contribution < 1.29 is 4.74 Å². The minimum absolute atomic E-state index is 0.314. The molecule has 1 rings (SSSR count). The van der Waals surface area contributed by atoms with Crippen molar-refractivity contribution in [3.63, 3.8) is 0 Å². The molecule has 1 heteroatoms. The third-order valence-electron chi connectivity index (χ3n) is 4.35. The van der Waals surface area contributed by atoms with E-state index in [4.69, 9.17) is 4.74 Å². The van der Waals surface area contributed by atoms with E-state index in [-0.39, 0.29) is 0 Å². The summed E-state index contributed by atoms with van der Waals surface area (Å²) in [6.45, 7) is 11.9. The van der Waals surface area contributed by atoms with Gasteiger partial charge in [0, 0.05) is 7.11 Å². The van der Waals surface area contributed by atoms with E-state index in [1.54, 1.807) is 12.7 Å². The van der Waals surface area contributed by atoms with Crippen molar-refractivity contribution in [3.8, 4) is 0 Å². The van der Waals surface area contributed by atoms with Gasteiger partial charge >= 0.3 is 0 Å². The molecule has 0 saturated carbocycles. The Balaban J connectivity index is 2.73. The summed E-state index contributed by atoms with van der Waals surface area (Å²) < 4.78 is 5.03. The van der Waals surface area contributed by atoms with Crippen molar-refractivity contribution in [1.29, 1.82) is 0 Å². The predicted octanol–water partition coefficient (Wildman–Crippen LogP) is 6.16. The summed E-state index contributed by atoms with van der Waals surface area (Å²) in [4.78, 5) is 0. The molecule has 0 aromatic heterocycles. The molecule has 0 aliphatic heterocycles. The lowest BCUT2D eigenvalue weighted by Crippen LogP contribution is -2.19. The summed E-state index contributed by atoms with van der Waals surface area (Å²) in [6, 6.07) is 0. The molecule has 22 heavy (non-hydrogen) atoms. The Morgan fingerprint density at radius 3 is 2.55 bits per heavy atom. The minimum atomic E-state index is 0.314. The second kappa shape index (κ2) is 8.95. The van der Waals surface area contributed by atoms with Gasteiger partial charge in [0.1, 0.15) is 0 Å². The Hall–Kier alpha value is -1.34. The lowest BCUT2D eigenvalue weighted by molar-refractivity contribution is 0.233. The Bertz CT molecular complexity index is 510. The van der Waals surface area contributed by atoms with Crippen LogP contribution in [0.5, 0.6) is 0 Å². The molecule has 1 nitrogen and oxygen atoms in total. The van der Waals surface area contributed by atoms with Crippen LogP contribution < -0.4 is 0 Å². The average Bonchev–Trinajstić information content (AvgIpc) is 2.43. The fourth-order valence-corrected chi connectivity index (χ4v) is 2.92. The van der Waals surface area contributed by atoms with E-state index >= 15 is 0 Å². The molecule has 0 heterocycles. The lowest BCUT2D eigenvalue weighted by atomic mass is 9.72. The zero-order valence-corrected chi connectivity index (χ0v) is 15.2. The highest BCUT2D eigenvalue weighted by Crippen LogP contribution is 2.40. The van der Waals surface area contributed by atoms with Gasteiger partial charge in [-0.2, -0.15) is 0 Å². The number of hydrogen-bond donors (Lipinski definition) is 0. The summed E-state index contributed by atoms with van der Waals surface area (Å²) in [7, 11) is 1.71. The van der Waals surface area contributed by atoms with Gasteiger partial charge in [-0.05, 0) is 51.0 Å². The molecule has 0 fully saturated rings. The van der Waals surface area contributed by atoms with Gasteiger partial charge in [-0.15, -0.1) is 0 Å². The van der Waals surface area contributed by atoms with Gasteiger partial charge in [0.05, 0.1) is 6.61 Å². The first kappa shape index (κ1) is 18.7. The summed E-state index contributed by atoms with van der Waals surface area (Å²) in [5, 5.41) is 0. The van der Waals surface area contributed by atoms with E-state index < -0.39 is 0 Å². The van der Waals surface area contributed by atoms with Crippen molar-refractivity contribution in [1.82, 2.24) is 0 Å². The highest BCUT2D eigenvalue weighted by Gasteiger charge is 2.26. The van der Waals surface area contributed by atoms with Crippen molar-refractivity contribution in [3.05, 3.63) is 58.7 Å². The summed E-state index contributed by atoms with van der Waals surface area (Å²) >= 11 is 0. The molecule has 0 aromatic rings. The van der Waals surface area contributed by atoms with Crippen molar-refractivity contribution in [2.24, 2.45) is 5.41 Å². The summed E-state index contributed by atoms with van der Waals surface area (Å²) in [5.74, 6) is 0. The third-order valence-corrected chi connectivity index (χ3v) is 4.35. The van der Waals surface area contributed by atoms with E-state index in [1.165, 1.54) is 36.0 Å². The fourth-order valence-electron chi connectivity index (χ4n) is 2.92. The number of ether oxygens (including phenoxy) is 1. The Kier molecular flexibility index (Phi) is 7.61. The molecular formula is C21H32O. The van der Waals surface area contributed by atoms with E-state index in [2.05, 4.69) is 71.1 Å². The van der Waals surface area contributed by atoms with Gasteiger partial charge in [0.15, 0.2) is 0 Å². The normalized spacial score (nSPS) is 20.5. The van der Waals surface area contributed by atoms with Gasteiger partial charge in [0.2, 0.25) is 0 Å². The zero-order chi connectivity index (χ0) is 16.6. The molecule has 0 saturated heterocycles. The van der Waals surface area contributed by atoms with Crippen LogP contribution >= 0.6 is 0 Å². The molecule has 1 aliphatic rings. The minimum Gasteiger partial charge on any atom is -0.381 e. The van der Waals surface area contributed by atoms with Crippen LogP contribution in [-0.2, 0) is 4.74 Å². The van der Waals surface area contributed by atoms with Gasteiger partial charge in [-0.25, -0.2) is 0 Å². The maximum Gasteiger partial charge on any atom is 0.0649 e. The molecular weight excluding hydrogens is 268 g/mol. The Labute approximate surface area is 137 Å². The van der Waals surface area contributed by atoms with Crippen molar-refractivity contribution >= 4 is 0 Å². The summed E-state index contributed by atoms with van der Waals surface area (Å²) in [5.41, 5.74) is 5.88. The first-order chi connectivity index (χ1) is 10.4. The van der Waals surface area contributed by atoms with Gasteiger partial charge in [0.25, 0.3) is 0 Å². The van der Waals surface area contributed by atoms with Crippen LogP contribution in [0.15, 0.2) is 58.7 Å². The molecule has 0 N–H and O–H groups in total. The summed E-state index contributed by atoms with van der Waals surface area (Å²) in [6.07, 6.45) is 16.9. The monoisotopic (exact) mass is 300 g/mol. The van der Waals surface area contributed by atoms with E-state index in [0.717, 1.165) is 0 Å². The van der Waals surface area contributed by atoms with Gasteiger partial charge in [-0.3, -0.25) is 0 Å². The topological polar surface area (TPSA) is 9.23 Å². The van der Waals surface area contributed by atoms with E-state index in [1.807, 2.05) is 0 Å². The smallest absolute Gasteiger partial charge is 0.0649 e. The molecule has 1 aliphatic carbocycles. The van der Waals surface area contributed by atoms with Crippen LogP contribution in [0.3, 0.4) is 0 Å². The number of hydrogen-bond acceptors (Lipinski definition) is 1. The zero-order valence-electron chi connectivity index (χ0n) is 15.2. The van der Waals surface area contributed by atoms with Gasteiger partial charge in [-0.1, -0.05) is 67.0 Å². The van der Waals surface area contributed by atoms with Gasteiger partial charge < -0.3 is 4.74 Å². The molecule has 0 unspecified atom stereocenters. The second-order valence-electron chi connectivity index (χ2n) is 6.94. The highest BCUT2D eigenvalue weighted by atomic mass is 16.5. The molecule has 0 spiro atoms. The van der Waals surface area contributed by atoms with Crippen LogP contribution in [0.2, 0.25) is 0 Å². The highest BCUT2D eigenvalue weighted by molar-refractivity contribution is 5.37. The molecule has 0 atom stereocenters. The maximum atomic E-state index is 5.03. The van der Waals surface area contributed by atoms with Crippen LogP contribution in [0, 0.1) is 5.41 Å². The first-order valence-corrected chi connectivity index (χ1v) is 8.26. The molecule has 0 radical (unpaired) electrons. The number of rotatable bonds is 6. The van der Waals surface area contributed by atoms with Crippen molar-refractivity contribution in [2.45, 2.75) is 53.9 Å². The molecule has 0 amide bonds. The molecule has 122 valence electrons.